The van der Waals surface area contributed by atoms with Gasteiger partial charge >= 0.3 is 6.03 Å². The van der Waals surface area contributed by atoms with Crippen molar-refractivity contribution in [1.29, 1.82) is 0 Å². The van der Waals surface area contributed by atoms with Crippen LogP contribution >= 0.6 is 0 Å². The standard InChI is InChI=1S/C22H25N3O/c1-3-15-25(16-18-9-5-4-6-10-18)22(26)23-14-13-19-17(2)24-21-12-8-7-11-20(19)21/h3-12,24H,1,13-16H2,2H3,(H,23,26). The Kier molecular flexibility index (Phi) is 5.74. The molecule has 4 nitrogen and oxygen atoms in total. The summed E-state index contributed by atoms with van der Waals surface area (Å²) in [4.78, 5) is 17.7. The van der Waals surface area contributed by atoms with Crippen molar-refractivity contribution in [3.05, 3.63) is 84.1 Å². The first-order chi connectivity index (χ1) is 12.7. The van der Waals surface area contributed by atoms with Crippen LogP contribution < -0.4 is 5.32 Å². The molecule has 0 aliphatic rings. The minimum atomic E-state index is -0.0637. The molecule has 0 aliphatic carbocycles. The number of urea groups is 1. The molecule has 3 aromatic rings. The molecule has 0 spiro atoms. The minimum Gasteiger partial charge on any atom is -0.358 e. The Hall–Kier alpha value is -3.01. The van der Waals surface area contributed by atoms with Crippen molar-refractivity contribution in [2.45, 2.75) is 19.9 Å². The maximum absolute atomic E-state index is 12.6. The van der Waals surface area contributed by atoms with Gasteiger partial charge < -0.3 is 15.2 Å². The number of rotatable bonds is 7. The average molecular weight is 347 g/mol. The van der Waals surface area contributed by atoms with Crippen molar-refractivity contribution in [3.8, 4) is 0 Å². The molecule has 1 aromatic heterocycles. The van der Waals surface area contributed by atoms with Gasteiger partial charge in [0.25, 0.3) is 0 Å². The van der Waals surface area contributed by atoms with Crippen molar-refractivity contribution < 1.29 is 4.79 Å². The SMILES string of the molecule is C=CCN(Cc1ccccc1)C(=O)NCCc1c(C)[nH]c2ccccc12. The van der Waals surface area contributed by atoms with Crippen molar-refractivity contribution in [2.75, 3.05) is 13.1 Å². The average Bonchev–Trinajstić information content (AvgIpc) is 2.97. The van der Waals surface area contributed by atoms with Gasteiger partial charge in [0, 0.05) is 36.2 Å². The molecule has 1 heterocycles. The molecule has 0 unspecified atom stereocenters. The number of aromatic amines is 1. The molecule has 26 heavy (non-hydrogen) atoms. The van der Waals surface area contributed by atoms with E-state index in [-0.39, 0.29) is 6.03 Å². The van der Waals surface area contributed by atoms with E-state index in [1.807, 2.05) is 42.5 Å². The van der Waals surface area contributed by atoms with Crippen LogP contribution in [0.5, 0.6) is 0 Å². The fourth-order valence-electron chi connectivity index (χ4n) is 3.24. The van der Waals surface area contributed by atoms with Crippen molar-refractivity contribution in [2.24, 2.45) is 0 Å². The van der Waals surface area contributed by atoms with Gasteiger partial charge in [0.05, 0.1) is 0 Å². The number of carbonyl (C=O) groups excluding carboxylic acids is 1. The number of carbonyl (C=O) groups is 1. The van der Waals surface area contributed by atoms with Gasteiger partial charge in [0.1, 0.15) is 0 Å². The maximum atomic E-state index is 12.6. The predicted octanol–water partition coefficient (Wildman–Crippen LogP) is 4.42. The van der Waals surface area contributed by atoms with Crippen LogP contribution in [0.1, 0.15) is 16.8 Å². The van der Waals surface area contributed by atoms with Crippen LogP contribution in [0.4, 0.5) is 4.79 Å². The lowest BCUT2D eigenvalue weighted by atomic mass is 10.1. The highest BCUT2D eigenvalue weighted by molar-refractivity contribution is 5.84. The highest BCUT2D eigenvalue weighted by Gasteiger charge is 2.13. The molecule has 0 fully saturated rings. The summed E-state index contributed by atoms with van der Waals surface area (Å²) in [5.41, 5.74) is 4.67. The van der Waals surface area contributed by atoms with E-state index < -0.39 is 0 Å². The molecular formula is C22H25N3O. The summed E-state index contributed by atoms with van der Waals surface area (Å²) >= 11 is 0. The van der Waals surface area contributed by atoms with Gasteiger partial charge in [-0.05, 0) is 30.5 Å². The normalized spacial score (nSPS) is 10.7. The smallest absolute Gasteiger partial charge is 0.317 e. The number of H-pyrrole nitrogens is 1. The second kappa shape index (κ2) is 8.39. The molecule has 2 amide bonds. The number of hydrogen-bond donors (Lipinski definition) is 2. The lowest BCUT2D eigenvalue weighted by Gasteiger charge is -2.22. The molecule has 4 heteroatoms. The Morgan fingerprint density at radius 1 is 1.15 bits per heavy atom. The fourth-order valence-corrected chi connectivity index (χ4v) is 3.24. The molecule has 0 saturated heterocycles. The molecule has 2 aromatic carbocycles. The third-order valence-corrected chi connectivity index (χ3v) is 4.53. The lowest BCUT2D eigenvalue weighted by Crippen LogP contribution is -2.40. The number of benzene rings is 2. The summed E-state index contributed by atoms with van der Waals surface area (Å²) in [6.45, 7) is 7.54. The first-order valence-electron chi connectivity index (χ1n) is 8.93. The zero-order valence-corrected chi connectivity index (χ0v) is 15.2. The largest absolute Gasteiger partial charge is 0.358 e. The van der Waals surface area contributed by atoms with Gasteiger partial charge in [0.15, 0.2) is 0 Å². The van der Waals surface area contributed by atoms with Crippen LogP contribution in [0.3, 0.4) is 0 Å². The number of aryl methyl sites for hydroxylation is 1. The summed E-state index contributed by atoms with van der Waals surface area (Å²) in [7, 11) is 0. The molecule has 0 atom stereocenters. The monoisotopic (exact) mass is 347 g/mol. The Morgan fingerprint density at radius 3 is 2.65 bits per heavy atom. The number of para-hydroxylation sites is 1. The lowest BCUT2D eigenvalue weighted by molar-refractivity contribution is 0.201. The van der Waals surface area contributed by atoms with Crippen LogP contribution in [0.15, 0.2) is 67.3 Å². The highest BCUT2D eigenvalue weighted by atomic mass is 16.2. The number of nitrogens with zero attached hydrogens (tertiary/aromatic N) is 1. The molecule has 2 N–H and O–H groups in total. The molecule has 0 aliphatic heterocycles. The second-order valence-corrected chi connectivity index (χ2v) is 6.41. The summed E-state index contributed by atoms with van der Waals surface area (Å²) in [6.07, 6.45) is 2.56. The maximum Gasteiger partial charge on any atom is 0.317 e. The fraction of sp³-hybridized carbons (Fsp3) is 0.227. The molecule has 0 radical (unpaired) electrons. The Bertz CT molecular complexity index is 883. The predicted molar refractivity (Wildman–Crippen MR) is 107 cm³/mol. The summed E-state index contributed by atoms with van der Waals surface area (Å²) in [5, 5.41) is 4.27. The van der Waals surface area contributed by atoms with Crippen LogP contribution in [0.25, 0.3) is 10.9 Å². The molecule has 134 valence electrons. The van der Waals surface area contributed by atoms with E-state index in [0.29, 0.717) is 19.6 Å². The van der Waals surface area contributed by atoms with Gasteiger partial charge in [-0.15, -0.1) is 6.58 Å². The van der Waals surface area contributed by atoms with Gasteiger partial charge in [0.2, 0.25) is 0 Å². The van der Waals surface area contributed by atoms with E-state index in [9.17, 15) is 4.79 Å². The van der Waals surface area contributed by atoms with Crippen molar-refractivity contribution >= 4 is 16.9 Å². The van der Waals surface area contributed by atoms with Gasteiger partial charge in [-0.2, -0.15) is 0 Å². The zero-order valence-electron chi connectivity index (χ0n) is 15.2. The highest BCUT2D eigenvalue weighted by Crippen LogP contribution is 2.21. The topological polar surface area (TPSA) is 48.1 Å². The van der Waals surface area contributed by atoms with Gasteiger partial charge in [-0.3, -0.25) is 0 Å². The van der Waals surface area contributed by atoms with E-state index >= 15 is 0 Å². The van der Waals surface area contributed by atoms with Crippen LogP contribution in [0.2, 0.25) is 0 Å². The Balaban J connectivity index is 1.61. The Morgan fingerprint density at radius 2 is 1.88 bits per heavy atom. The summed E-state index contributed by atoms with van der Waals surface area (Å²) < 4.78 is 0. The number of fused-ring (bicyclic) bond motifs is 1. The number of amides is 2. The molecule has 0 saturated carbocycles. The quantitative estimate of drug-likeness (QED) is 0.611. The second-order valence-electron chi connectivity index (χ2n) is 6.41. The minimum absolute atomic E-state index is 0.0637. The molecule has 0 bridgehead atoms. The first-order valence-corrected chi connectivity index (χ1v) is 8.93. The summed E-state index contributed by atoms with van der Waals surface area (Å²) in [5.74, 6) is 0. The number of nitrogens with one attached hydrogen (secondary N) is 2. The summed E-state index contributed by atoms with van der Waals surface area (Å²) in [6, 6.07) is 18.2. The Labute approximate surface area is 154 Å². The van der Waals surface area contributed by atoms with Crippen LogP contribution in [-0.2, 0) is 13.0 Å². The van der Waals surface area contributed by atoms with Crippen LogP contribution in [-0.4, -0.2) is 29.0 Å². The molecule has 3 rings (SSSR count). The van der Waals surface area contributed by atoms with Crippen molar-refractivity contribution in [1.82, 2.24) is 15.2 Å². The first kappa shape index (κ1) is 17.8. The van der Waals surface area contributed by atoms with E-state index in [1.54, 1.807) is 11.0 Å². The van der Waals surface area contributed by atoms with Crippen molar-refractivity contribution in [3.63, 3.8) is 0 Å². The van der Waals surface area contributed by atoms with E-state index in [0.717, 1.165) is 23.2 Å². The van der Waals surface area contributed by atoms with E-state index in [4.69, 9.17) is 0 Å². The number of hydrogen-bond acceptors (Lipinski definition) is 1. The van der Waals surface area contributed by atoms with E-state index in [2.05, 4.69) is 35.9 Å². The third kappa shape index (κ3) is 4.14. The third-order valence-electron chi connectivity index (χ3n) is 4.53. The van der Waals surface area contributed by atoms with E-state index in [1.165, 1.54) is 10.9 Å². The van der Waals surface area contributed by atoms with Crippen LogP contribution in [0, 0.1) is 6.92 Å². The molecular weight excluding hydrogens is 322 g/mol. The van der Waals surface area contributed by atoms with Gasteiger partial charge in [-0.1, -0.05) is 54.6 Å². The number of aromatic nitrogens is 1. The van der Waals surface area contributed by atoms with Gasteiger partial charge in [-0.25, -0.2) is 4.79 Å². The zero-order chi connectivity index (χ0) is 18.4.